The molecule has 0 amide bonds. The maximum absolute atomic E-state index is 11.7. The Morgan fingerprint density at radius 3 is 1.55 bits per heavy atom. The first-order valence-electron chi connectivity index (χ1n) is 5.98. The highest BCUT2D eigenvalue weighted by Crippen LogP contribution is 2.09. The van der Waals surface area contributed by atoms with Gasteiger partial charge in [0.15, 0.2) is 11.6 Å². The molecule has 2 rings (SSSR count). The Balaban J connectivity index is 1.77. The molecule has 8 heteroatoms. The Morgan fingerprint density at radius 1 is 0.850 bits per heavy atom. The average molecular weight is 312 g/mol. The van der Waals surface area contributed by atoms with Crippen molar-refractivity contribution in [2.75, 3.05) is 0 Å². The molecule has 0 atom stereocenters. The highest BCUT2D eigenvalue weighted by atomic mass is 32.1. The highest BCUT2D eigenvalue weighted by Gasteiger charge is 2.13. The molecule has 0 fully saturated rings. The summed E-state index contributed by atoms with van der Waals surface area (Å²) in [6.07, 6.45) is 1.49. The zero-order valence-corrected chi connectivity index (χ0v) is 12.1. The molecule has 0 saturated carbocycles. The Morgan fingerprint density at radius 2 is 1.25 bits per heavy atom. The van der Waals surface area contributed by atoms with Crippen LogP contribution in [0.2, 0.25) is 0 Å². The van der Waals surface area contributed by atoms with Crippen molar-refractivity contribution >= 4 is 34.6 Å². The summed E-state index contributed by atoms with van der Waals surface area (Å²) in [6.45, 7) is 0. The van der Waals surface area contributed by atoms with E-state index in [4.69, 9.17) is 0 Å². The van der Waals surface area contributed by atoms with Gasteiger partial charge < -0.3 is 0 Å². The summed E-state index contributed by atoms with van der Waals surface area (Å²) < 4.78 is 4.91. The molecule has 6 nitrogen and oxygen atoms in total. The highest BCUT2D eigenvalue weighted by molar-refractivity contribution is 7.04. The van der Waals surface area contributed by atoms with Gasteiger partial charge in [0.05, 0.1) is 11.1 Å². The van der Waals surface area contributed by atoms with Crippen LogP contribution in [0.1, 0.15) is 46.4 Å². The molecule has 2 N–H and O–H groups in total. The van der Waals surface area contributed by atoms with Gasteiger partial charge in [-0.15, -0.1) is 0 Å². The Kier molecular flexibility index (Phi) is 4.80. The van der Waals surface area contributed by atoms with E-state index in [9.17, 15) is 19.2 Å². The van der Waals surface area contributed by atoms with Gasteiger partial charge in [-0.05, 0) is 12.8 Å². The molecule has 2 heterocycles. The van der Waals surface area contributed by atoms with Crippen molar-refractivity contribution in [1.82, 2.24) is 8.75 Å². The first kappa shape index (κ1) is 14.6. The van der Waals surface area contributed by atoms with Crippen molar-refractivity contribution in [3.8, 4) is 0 Å². The van der Waals surface area contributed by atoms with E-state index in [1.165, 1.54) is 10.8 Å². The van der Waals surface area contributed by atoms with E-state index in [0.717, 1.165) is 23.1 Å². The van der Waals surface area contributed by atoms with E-state index in [0.29, 0.717) is 12.8 Å². The van der Waals surface area contributed by atoms with Crippen LogP contribution in [0.15, 0.2) is 20.3 Å². The Bertz CT molecular complexity index is 660. The van der Waals surface area contributed by atoms with Crippen LogP contribution in [-0.2, 0) is 0 Å². The van der Waals surface area contributed by atoms with Gasteiger partial charge in [-0.1, -0.05) is 23.1 Å². The first-order chi connectivity index (χ1) is 9.59. The van der Waals surface area contributed by atoms with Crippen molar-refractivity contribution in [2.24, 2.45) is 0 Å². The van der Waals surface area contributed by atoms with Crippen molar-refractivity contribution in [3.63, 3.8) is 0 Å². The number of rotatable bonds is 7. The standard InChI is InChI=1S/C12H12N2O4S2/c15-9(7-5-19-13-11(7)17)3-1-2-4-10(16)8-6-20-14-12(8)18/h5-6H,1-4H2,(H,13,17)(H,14,18). The lowest BCUT2D eigenvalue weighted by Gasteiger charge is -1.98. The number of Topliss-reactive ketones (excluding diaryl/α,β-unsaturated/α-hetero) is 2. The molecule has 0 aliphatic carbocycles. The number of unbranched alkanes of at least 4 members (excludes halogenated alkanes) is 1. The predicted molar refractivity (Wildman–Crippen MR) is 77.0 cm³/mol. The van der Waals surface area contributed by atoms with Crippen molar-refractivity contribution in [3.05, 3.63) is 42.6 Å². The molecule has 0 aromatic carbocycles. The second-order valence-corrected chi connectivity index (χ2v) is 5.57. The third-order valence-corrected chi connectivity index (χ3v) is 4.12. The molecule has 2 aromatic rings. The van der Waals surface area contributed by atoms with Crippen molar-refractivity contribution in [2.45, 2.75) is 25.7 Å². The minimum absolute atomic E-state index is 0.176. The van der Waals surface area contributed by atoms with Gasteiger partial charge in [-0.2, -0.15) is 0 Å². The smallest absolute Gasteiger partial charge is 0.268 e. The van der Waals surface area contributed by atoms with E-state index in [2.05, 4.69) is 8.75 Å². The van der Waals surface area contributed by atoms with Gasteiger partial charge in [0.1, 0.15) is 0 Å². The minimum atomic E-state index is -0.360. The number of H-pyrrole nitrogens is 2. The van der Waals surface area contributed by atoms with Gasteiger partial charge >= 0.3 is 0 Å². The van der Waals surface area contributed by atoms with Crippen molar-refractivity contribution < 1.29 is 9.59 Å². The Labute approximate surface area is 121 Å². The third-order valence-electron chi connectivity index (χ3n) is 2.80. The minimum Gasteiger partial charge on any atom is -0.294 e. The fourth-order valence-electron chi connectivity index (χ4n) is 1.73. The zero-order chi connectivity index (χ0) is 14.5. The van der Waals surface area contributed by atoms with Crippen LogP contribution in [0, 0.1) is 0 Å². The molecule has 20 heavy (non-hydrogen) atoms. The SMILES string of the molecule is O=C(CCCCC(=O)c1cs[nH]c1=O)c1cs[nH]c1=O. The number of carbonyl (C=O) groups excluding carboxylic acids is 2. The van der Waals surface area contributed by atoms with E-state index < -0.39 is 0 Å². The topological polar surface area (TPSA) is 99.9 Å². The summed E-state index contributed by atoms with van der Waals surface area (Å²) in [5.41, 5.74) is -0.368. The maximum atomic E-state index is 11.7. The number of aromatic amines is 2. The zero-order valence-electron chi connectivity index (χ0n) is 10.4. The van der Waals surface area contributed by atoms with E-state index in [1.807, 2.05) is 0 Å². The van der Waals surface area contributed by atoms with Crippen LogP contribution < -0.4 is 11.1 Å². The lowest BCUT2D eigenvalue weighted by atomic mass is 10.0. The summed E-state index contributed by atoms with van der Waals surface area (Å²) in [5.74, 6) is -0.429. The second kappa shape index (κ2) is 6.58. The molecule has 106 valence electrons. The molecule has 0 bridgehead atoms. The number of nitrogens with one attached hydrogen (secondary N) is 2. The summed E-state index contributed by atoms with van der Waals surface area (Å²) >= 11 is 2.18. The number of ketones is 2. The van der Waals surface area contributed by atoms with Crippen LogP contribution >= 0.6 is 23.1 Å². The molecule has 0 aliphatic rings. The van der Waals surface area contributed by atoms with E-state index in [1.54, 1.807) is 0 Å². The summed E-state index contributed by atoms with van der Waals surface area (Å²) in [4.78, 5) is 45.9. The molecule has 2 aromatic heterocycles. The first-order valence-corrected chi connectivity index (χ1v) is 7.74. The lowest BCUT2D eigenvalue weighted by Crippen LogP contribution is -2.13. The van der Waals surface area contributed by atoms with Crippen LogP contribution in [0.5, 0.6) is 0 Å². The van der Waals surface area contributed by atoms with Gasteiger partial charge in [-0.25, -0.2) is 0 Å². The lowest BCUT2D eigenvalue weighted by molar-refractivity contribution is 0.0954. The monoisotopic (exact) mass is 312 g/mol. The van der Waals surface area contributed by atoms with E-state index in [-0.39, 0.29) is 46.7 Å². The fourth-order valence-corrected chi connectivity index (χ4v) is 2.99. The largest absolute Gasteiger partial charge is 0.294 e. The van der Waals surface area contributed by atoms with Crippen LogP contribution in [-0.4, -0.2) is 20.3 Å². The van der Waals surface area contributed by atoms with Crippen LogP contribution in [0.4, 0.5) is 0 Å². The molecule has 0 spiro atoms. The van der Waals surface area contributed by atoms with Gasteiger partial charge in [0, 0.05) is 23.6 Å². The van der Waals surface area contributed by atoms with Crippen molar-refractivity contribution in [1.29, 1.82) is 0 Å². The Hall–Kier alpha value is -1.80. The second-order valence-electron chi connectivity index (χ2n) is 4.21. The van der Waals surface area contributed by atoms with Gasteiger partial charge in [-0.3, -0.25) is 27.9 Å². The molecular formula is C12H12N2O4S2. The number of carbonyl (C=O) groups is 2. The fraction of sp³-hybridized carbons (Fsp3) is 0.333. The number of hydrogen-bond acceptors (Lipinski definition) is 6. The maximum Gasteiger partial charge on any atom is 0.268 e. The van der Waals surface area contributed by atoms with Gasteiger partial charge in [0.2, 0.25) is 0 Å². The third kappa shape index (κ3) is 3.40. The number of hydrogen-bond donors (Lipinski definition) is 2. The quantitative estimate of drug-likeness (QED) is 0.601. The van der Waals surface area contributed by atoms with Crippen LogP contribution in [0.3, 0.4) is 0 Å². The predicted octanol–water partition coefficient (Wildman–Crippen LogP) is 1.81. The van der Waals surface area contributed by atoms with Crippen LogP contribution in [0.25, 0.3) is 0 Å². The molecule has 0 saturated heterocycles. The summed E-state index contributed by atoms with van der Waals surface area (Å²) in [6, 6.07) is 0. The molecule has 0 radical (unpaired) electrons. The molecule has 0 aliphatic heterocycles. The molecule has 0 unspecified atom stereocenters. The molecular weight excluding hydrogens is 300 g/mol. The normalized spacial score (nSPS) is 10.6. The summed E-state index contributed by atoms with van der Waals surface area (Å²) in [7, 11) is 0. The summed E-state index contributed by atoms with van der Waals surface area (Å²) in [5, 5.41) is 3.00. The van der Waals surface area contributed by atoms with E-state index >= 15 is 0 Å². The number of aromatic nitrogens is 2. The average Bonchev–Trinajstić information content (AvgIpc) is 3.02. The van der Waals surface area contributed by atoms with Gasteiger partial charge in [0.25, 0.3) is 11.1 Å².